The van der Waals surface area contributed by atoms with E-state index in [1.54, 1.807) is 0 Å². The maximum atomic E-state index is 12.2. The third-order valence-corrected chi connectivity index (χ3v) is 5.27. The normalized spacial score (nSPS) is 15.0. The van der Waals surface area contributed by atoms with Crippen molar-refractivity contribution in [2.45, 2.75) is 31.4 Å². The molecule has 1 aromatic carbocycles. The van der Waals surface area contributed by atoms with Gasteiger partial charge >= 0.3 is 0 Å². The third-order valence-electron chi connectivity index (χ3n) is 3.95. The van der Waals surface area contributed by atoms with Crippen LogP contribution in [0.25, 0.3) is 0 Å². The molecule has 0 saturated heterocycles. The fraction of sp³-hybridized carbons (Fsp3) is 0.412. The molecule has 1 N–H and O–H groups in total. The lowest BCUT2D eigenvalue weighted by molar-refractivity contribution is 0.0946. The molecule has 6 heteroatoms. The highest BCUT2D eigenvalue weighted by atomic mass is 32.2. The van der Waals surface area contributed by atoms with Crippen LogP contribution in [-0.2, 0) is 29.4 Å². The number of benzene rings is 1. The van der Waals surface area contributed by atoms with Crippen molar-refractivity contribution in [1.82, 2.24) is 10.5 Å². The molecule has 1 aliphatic carbocycles. The molecule has 0 bridgehead atoms. The molecule has 0 aliphatic heterocycles. The fourth-order valence-electron chi connectivity index (χ4n) is 2.76. The Bertz CT molecular complexity index is 697. The molecule has 3 rings (SSSR count). The van der Waals surface area contributed by atoms with E-state index in [0.717, 1.165) is 42.6 Å². The molecule has 0 spiro atoms. The van der Waals surface area contributed by atoms with Crippen LogP contribution in [0.3, 0.4) is 0 Å². The van der Waals surface area contributed by atoms with Crippen molar-refractivity contribution in [2.24, 2.45) is 0 Å². The first-order chi connectivity index (χ1) is 11.2. The van der Waals surface area contributed by atoms with E-state index in [-0.39, 0.29) is 5.91 Å². The van der Waals surface area contributed by atoms with E-state index in [0.29, 0.717) is 23.7 Å². The maximum absolute atomic E-state index is 12.2. The zero-order chi connectivity index (χ0) is 16.1. The molecular weight excluding hydrogens is 312 g/mol. The summed E-state index contributed by atoms with van der Waals surface area (Å²) in [5.41, 5.74) is 2.38. The quantitative estimate of drug-likeness (QED) is 0.880. The zero-order valence-corrected chi connectivity index (χ0v) is 13.7. The standard InChI is InChI=1S/C17H20N2O3S/c20-17(16-14-8-4-5-9-15(14)22-19-16)18-10-11-23(21)12-13-6-2-1-3-7-13/h1-3,6-7H,4-5,8-12H2,(H,18,20). The van der Waals surface area contributed by atoms with E-state index in [1.807, 2.05) is 30.3 Å². The second kappa shape index (κ2) is 7.55. The average Bonchev–Trinajstić information content (AvgIpc) is 3.00. The SMILES string of the molecule is O=C(NCCS(=O)Cc1ccccc1)c1noc2c1CCCC2. The zero-order valence-electron chi connectivity index (χ0n) is 12.9. The van der Waals surface area contributed by atoms with Gasteiger partial charge < -0.3 is 9.84 Å². The lowest BCUT2D eigenvalue weighted by atomic mass is 9.96. The Balaban J connectivity index is 1.48. The van der Waals surface area contributed by atoms with Crippen LogP contribution in [0.2, 0.25) is 0 Å². The molecule has 0 radical (unpaired) electrons. The molecule has 122 valence electrons. The number of carbonyl (C=O) groups is 1. The van der Waals surface area contributed by atoms with Gasteiger partial charge in [-0.15, -0.1) is 0 Å². The summed E-state index contributed by atoms with van der Waals surface area (Å²) in [7, 11) is -0.995. The summed E-state index contributed by atoms with van der Waals surface area (Å²) in [5.74, 6) is 1.55. The largest absolute Gasteiger partial charge is 0.360 e. The summed E-state index contributed by atoms with van der Waals surface area (Å²) in [6.45, 7) is 0.375. The van der Waals surface area contributed by atoms with Gasteiger partial charge in [-0.2, -0.15) is 0 Å². The predicted octanol–water partition coefficient (Wildman–Crippen LogP) is 2.23. The monoisotopic (exact) mass is 332 g/mol. The van der Waals surface area contributed by atoms with Gasteiger partial charge in [0.2, 0.25) is 0 Å². The van der Waals surface area contributed by atoms with Crippen molar-refractivity contribution >= 4 is 16.7 Å². The molecule has 0 saturated carbocycles. The lowest BCUT2D eigenvalue weighted by Crippen LogP contribution is -2.29. The molecule has 0 fully saturated rings. The number of rotatable bonds is 6. The highest BCUT2D eigenvalue weighted by Crippen LogP contribution is 2.23. The van der Waals surface area contributed by atoms with E-state index in [2.05, 4.69) is 10.5 Å². The van der Waals surface area contributed by atoms with Gasteiger partial charge in [0, 0.05) is 40.8 Å². The summed E-state index contributed by atoms with van der Waals surface area (Å²) in [6.07, 6.45) is 3.86. The molecule has 1 atom stereocenters. The molecule has 2 aromatic rings. The number of nitrogens with one attached hydrogen (secondary N) is 1. The molecule has 1 aliphatic rings. The van der Waals surface area contributed by atoms with Crippen molar-refractivity contribution in [1.29, 1.82) is 0 Å². The lowest BCUT2D eigenvalue weighted by Gasteiger charge is -2.09. The fourth-order valence-corrected chi connectivity index (χ4v) is 3.80. The summed E-state index contributed by atoms with van der Waals surface area (Å²) >= 11 is 0. The van der Waals surface area contributed by atoms with Gasteiger partial charge in [-0.25, -0.2) is 0 Å². The molecule has 5 nitrogen and oxygen atoms in total. The Hall–Kier alpha value is -1.95. The number of fused-ring (bicyclic) bond motifs is 1. The first-order valence-corrected chi connectivity index (χ1v) is 9.37. The minimum atomic E-state index is -0.995. The minimum absolute atomic E-state index is 0.228. The van der Waals surface area contributed by atoms with E-state index >= 15 is 0 Å². The Morgan fingerprint density at radius 3 is 2.83 bits per heavy atom. The number of amides is 1. The van der Waals surface area contributed by atoms with E-state index in [4.69, 9.17) is 4.52 Å². The number of hydrogen-bond acceptors (Lipinski definition) is 4. The highest BCUT2D eigenvalue weighted by molar-refractivity contribution is 7.84. The van der Waals surface area contributed by atoms with Crippen LogP contribution in [-0.4, -0.2) is 27.6 Å². The van der Waals surface area contributed by atoms with Gasteiger partial charge in [0.05, 0.1) is 0 Å². The van der Waals surface area contributed by atoms with Crippen LogP contribution >= 0.6 is 0 Å². The number of carbonyl (C=O) groups excluding carboxylic acids is 1. The third kappa shape index (κ3) is 4.07. The highest BCUT2D eigenvalue weighted by Gasteiger charge is 2.23. The van der Waals surface area contributed by atoms with Gasteiger partial charge in [-0.3, -0.25) is 9.00 Å². The van der Waals surface area contributed by atoms with Crippen LogP contribution in [0.4, 0.5) is 0 Å². The Morgan fingerprint density at radius 1 is 1.22 bits per heavy atom. The van der Waals surface area contributed by atoms with Gasteiger partial charge in [0.15, 0.2) is 5.69 Å². The average molecular weight is 332 g/mol. The van der Waals surface area contributed by atoms with Gasteiger partial charge in [0.25, 0.3) is 5.91 Å². The number of aryl methyl sites for hydroxylation is 1. The molecule has 1 unspecified atom stereocenters. The van der Waals surface area contributed by atoms with Crippen LogP contribution in [0, 0.1) is 0 Å². The number of nitrogens with zero attached hydrogens (tertiary/aromatic N) is 1. The number of aromatic nitrogens is 1. The molecule has 1 aromatic heterocycles. The summed E-state index contributed by atoms with van der Waals surface area (Å²) < 4.78 is 17.3. The van der Waals surface area contributed by atoms with Gasteiger partial charge in [-0.05, 0) is 24.8 Å². The van der Waals surface area contributed by atoms with Crippen molar-refractivity contribution in [3.8, 4) is 0 Å². The van der Waals surface area contributed by atoms with Crippen molar-refractivity contribution in [3.05, 3.63) is 52.9 Å². The Labute approximate surface area is 137 Å². The predicted molar refractivity (Wildman–Crippen MR) is 88.6 cm³/mol. The molecular formula is C17H20N2O3S. The minimum Gasteiger partial charge on any atom is -0.360 e. The van der Waals surface area contributed by atoms with Crippen molar-refractivity contribution < 1.29 is 13.5 Å². The summed E-state index contributed by atoms with van der Waals surface area (Å²) in [5, 5.41) is 6.70. The smallest absolute Gasteiger partial charge is 0.273 e. The van der Waals surface area contributed by atoms with E-state index in [9.17, 15) is 9.00 Å². The topological polar surface area (TPSA) is 72.2 Å². The molecule has 1 heterocycles. The first-order valence-electron chi connectivity index (χ1n) is 7.88. The Morgan fingerprint density at radius 2 is 2.00 bits per heavy atom. The van der Waals surface area contributed by atoms with Gasteiger partial charge in [-0.1, -0.05) is 35.5 Å². The maximum Gasteiger partial charge on any atom is 0.273 e. The van der Waals surface area contributed by atoms with Crippen LogP contribution < -0.4 is 5.32 Å². The first kappa shape index (κ1) is 15.9. The van der Waals surface area contributed by atoms with Crippen LogP contribution in [0.15, 0.2) is 34.9 Å². The van der Waals surface area contributed by atoms with Crippen molar-refractivity contribution in [3.63, 3.8) is 0 Å². The molecule has 1 amide bonds. The van der Waals surface area contributed by atoms with Crippen molar-refractivity contribution in [2.75, 3.05) is 12.3 Å². The summed E-state index contributed by atoms with van der Waals surface area (Å²) in [4.78, 5) is 12.2. The van der Waals surface area contributed by atoms with E-state index in [1.165, 1.54) is 0 Å². The van der Waals surface area contributed by atoms with Crippen LogP contribution in [0.1, 0.15) is 40.2 Å². The Kier molecular flexibility index (Phi) is 5.23. The van der Waals surface area contributed by atoms with E-state index < -0.39 is 10.8 Å². The molecule has 23 heavy (non-hydrogen) atoms. The van der Waals surface area contributed by atoms with Crippen LogP contribution in [0.5, 0.6) is 0 Å². The second-order valence-corrected chi connectivity index (χ2v) is 7.25. The summed E-state index contributed by atoms with van der Waals surface area (Å²) in [6, 6.07) is 9.71. The number of hydrogen-bond donors (Lipinski definition) is 1. The van der Waals surface area contributed by atoms with Gasteiger partial charge in [0.1, 0.15) is 5.76 Å². The second-order valence-electron chi connectivity index (χ2n) is 5.67.